The fourth-order valence-electron chi connectivity index (χ4n) is 1.46. The van der Waals surface area contributed by atoms with Gasteiger partial charge in [0, 0.05) is 12.0 Å². The van der Waals surface area contributed by atoms with Crippen LogP contribution in [-0.2, 0) is 5.41 Å². The lowest BCUT2D eigenvalue weighted by molar-refractivity contribution is -0.154. The summed E-state index contributed by atoms with van der Waals surface area (Å²) in [6.45, 7) is 8.44. The third-order valence-electron chi connectivity index (χ3n) is 2.49. The number of rotatable bonds is 4. The average molecular weight is 291 g/mol. The highest BCUT2D eigenvalue weighted by Gasteiger charge is 2.30. The molecule has 0 aliphatic carbocycles. The molecule has 0 spiro atoms. The highest BCUT2D eigenvalue weighted by molar-refractivity contribution is 5.49. The van der Waals surface area contributed by atoms with Gasteiger partial charge >= 0.3 is 6.18 Å². The number of alkyl halides is 3. The van der Waals surface area contributed by atoms with Crippen LogP contribution in [0.4, 0.5) is 19.0 Å². The lowest BCUT2D eigenvalue weighted by atomic mass is 9.95. The minimum absolute atomic E-state index is 0.0294. The minimum atomic E-state index is -4.39. The maximum Gasteiger partial charge on any atom is 0.422 e. The fourth-order valence-corrected chi connectivity index (χ4v) is 1.46. The fraction of sp³-hybridized carbons (Fsp3) is 0.692. The summed E-state index contributed by atoms with van der Waals surface area (Å²) >= 11 is 0. The molecular weight excluding hydrogens is 271 g/mol. The van der Waals surface area contributed by atoms with Gasteiger partial charge in [0.25, 0.3) is 0 Å². The third kappa shape index (κ3) is 4.54. The van der Waals surface area contributed by atoms with Gasteiger partial charge in [-0.1, -0.05) is 20.8 Å². The van der Waals surface area contributed by atoms with Crippen molar-refractivity contribution in [2.24, 2.45) is 0 Å². The highest BCUT2D eigenvalue weighted by Crippen LogP contribution is 2.28. The molecule has 0 bridgehead atoms. The summed E-state index contributed by atoms with van der Waals surface area (Å²) in [6, 6.07) is 0. The summed E-state index contributed by atoms with van der Waals surface area (Å²) in [6.07, 6.45) is -4.39. The van der Waals surface area contributed by atoms with Crippen LogP contribution in [0.5, 0.6) is 5.88 Å². The van der Waals surface area contributed by atoms with Crippen molar-refractivity contribution in [3.8, 4) is 5.88 Å². The molecule has 20 heavy (non-hydrogen) atoms. The molecule has 0 unspecified atom stereocenters. The molecule has 1 aromatic heterocycles. The Bertz CT molecular complexity index is 467. The first-order valence-corrected chi connectivity index (χ1v) is 6.37. The van der Waals surface area contributed by atoms with Gasteiger partial charge in [-0.05, 0) is 13.8 Å². The largest absolute Gasteiger partial charge is 0.468 e. The predicted molar refractivity (Wildman–Crippen MR) is 71.2 cm³/mol. The van der Waals surface area contributed by atoms with Crippen molar-refractivity contribution in [1.82, 2.24) is 9.97 Å². The molecule has 0 aliphatic rings. The van der Waals surface area contributed by atoms with E-state index < -0.39 is 12.8 Å². The summed E-state index contributed by atoms with van der Waals surface area (Å²) in [4.78, 5) is 8.47. The maximum atomic E-state index is 12.3. The molecule has 0 saturated heterocycles. The standard InChI is InChI=1S/C13H20F3N3O/c1-6-17-9-8(2)10(20-7-13(14,15)16)19-11(18-9)12(3,4)5/h6-7H2,1-5H3,(H,17,18,19). The normalized spacial score (nSPS) is 12.4. The SMILES string of the molecule is CCNc1nc(C(C)(C)C)nc(OCC(F)(F)F)c1C. The van der Waals surface area contributed by atoms with Gasteiger partial charge in [-0.3, -0.25) is 0 Å². The van der Waals surface area contributed by atoms with Crippen molar-refractivity contribution in [1.29, 1.82) is 0 Å². The van der Waals surface area contributed by atoms with Crippen LogP contribution < -0.4 is 10.1 Å². The van der Waals surface area contributed by atoms with Crippen LogP contribution in [0.25, 0.3) is 0 Å². The van der Waals surface area contributed by atoms with Gasteiger partial charge in [0.05, 0.1) is 5.56 Å². The van der Waals surface area contributed by atoms with Crippen molar-refractivity contribution in [3.63, 3.8) is 0 Å². The zero-order chi connectivity index (χ0) is 15.6. The molecule has 1 heterocycles. The molecule has 0 aliphatic heterocycles. The van der Waals surface area contributed by atoms with Gasteiger partial charge < -0.3 is 10.1 Å². The van der Waals surface area contributed by atoms with E-state index in [9.17, 15) is 13.2 Å². The first-order chi connectivity index (χ1) is 9.04. The number of halogens is 3. The Kier molecular flexibility index (Phi) is 4.83. The summed E-state index contributed by atoms with van der Waals surface area (Å²) < 4.78 is 41.6. The van der Waals surface area contributed by atoms with Gasteiger partial charge in [-0.15, -0.1) is 0 Å². The van der Waals surface area contributed by atoms with Crippen molar-refractivity contribution in [2.75, 3.05) is 18.5 Å². The molecule has 0 amide bonds. The Morgan fingerprint density at radius 2 is 1.75 bits per heavy atom. The van der Waals surface area contributed by atoms with Crippen molar-refractivity contribution < 1.29 is 17.9 Å². The summed E-state index contributed by atoms with van der Waals surface area (Å²) in [5.74, 6) is 0.916. The second-order valence-electron chi connectivity index (χ2n) is 5.51. The second-order valence-corrected chi connectivity index (χ2v) is 5.51. The van der Waals surface area contributed by atoms with E-state index in [0.29, 0.717) is 23.8 Å². The number of ether oxygens (including phenoxy) is 1. The van der Waals surface area contributed by atoms with Crippen LogP contribution in [-0.4, -0.2) is 29.3 Å². The molecule has 0 radical (unpaired) electrons. The molecule has 114 valence electrons. The number of anilines is 1. The monoisotopic (exact) mass is 291 g/mol. The molecule has 0 fully saturated rings. The average Bonchev–Trinajstić information content (AvgIpc) is 2.27. The van der Waals surface area contributed by atoms with Crippen LogP contribution in [0.2, 0.25) is 0 Å². The molecule has 1 rings (SSSR count). The summed E-state index contributed by atoms with van der Waals surface area (Å²) in [5.41, 5.74) is 0.0953. The van der Waals surface area contributed by atoms with Gasteiger partial charge in [-0.2, -0.15) is 18.2 Å². The maximum absolute atomic E-state index is 12.3. The number of nitrogens with one attached hydrogen (secondary N) is 1. The quantitative estimate of drug-likeness (QED) is 0.923. The van der Waals surface area contributed by atoms with E-state index in [1.807, 2.05) is 27.7 Å². The van der Waals surface area contributed by atoms with E-state index in [2.05, 4.69) is 15.3 Å². The predicted octanol–water partition coefficient (Wildman–Crippen LogP) is 3.46. The number of nitrogens with zero attached hydrogens (tertiary/aromatic N) is 2. The van der Waals surface area contributed by atoms with E-state index in [-0.39, 0.29) is 11.3 Å². The first kappa shape index (κ1) is 16.5. The van der Waals surface area contributed by atoms with Gasteiger partial charge in [0.15, 0.2) is 6.61 Å². The van der Waals surface area contributed by atoms with Crippen LogP contribution in [0.1, 0.15) is 39.1 Å². The van der Waals surface area contributed by atoms with Crippen LogP contribution >= 0.6 is 0 Å². The van der Waals surface area contributed by atoms with E-state index in [0.717, 1.165) is 0 Å². The van der Waals surface area contributed by atoms with E-state index in [4.69, 9.17) is 4.74 Å². The Morgan fingerprint density at radius 3 is 2.20 bits per heavy atom. The molecule has 1 aromatic rings. The molecule has 1 N–H and O–H groups in total. The van der Waals surface area contributed by atoms with Gasteiger partial charge in [0.2, 0.25) is 5.88 Å². The van der Waals surface area contributed by atoms with Crippen LogP contribution in [0.3, 0.4) is 0 Å². The van der Waals surface area contributed by atoms with Crippen molar-refractivity contribution in [3.05, 3.63) is 11.4 Å². The zero-order valence-electron chi connectivity index (χ0n) is 12.4. The summed E-state index contributed by atoms with van der Waals surface area (Å²) in [5, 5.41) is 3.01. The Labute approximate surface area is 116 Å². The lowest BCUT2D eigenvalue weighted by Crippen LogP contribution is -2.23. The highest BCUT2D eigenvalue weighted by atomic mass is 19.4. The van der Waals surface area contributed by atoms with E-state index in [1.165, 1.54) is 0 Å². The Hall–Kier alpha value is -1.53. The van der Waals surface area contributed by atoms with E-state index in [1.54, 1.807) is 6.92 Å². The molecule has 4 nitrogen and oxygen atoms in total. The molecule has 0 aromatic carbocycles. The zero-order valence-corrected chi connectivity index (χ0v) is 12.4. The van der Waals surface area contributed by atoms with Gasteiger partial charge in [-0.25, -0.2) is 4.98 Å². The molecule has 0 atom stereocenters. The first-order valence-electron chi connectivity index (χ1n) is 6.37. The van der Waals surface area contributed by atoms with Crippen molar-refractivity contribution in [2.45, 2.75) is 46.2 Å². The molecule has 0 saturated carbocycles. The molecular formula is C13H20F3N3O. The topological polar surface area (TPSA) is 47.0 Å². The Balaban J connectivity index is 3.17. The summed E-state index contributed by atoms with van der Waals surface area (Å²) in [7, 11) is 0. The minimum Gasteiger partial charge on any atom is -0.468 e. The lowest BCUT2D eigenvalue weighted by Gasteiger charge is -2.21. The number of hydrogen-bond acceptors (Lipinski definition) is 4. The second kappa shape index (κ2) is 5.85. The number of aromatic nitrogens is 2. The van der Waals surface area contributed by atoms with Crippen LogP contribution in [0.15, 0.2) is 0 Å². The molecule has 7 heteroatoms. The smallest absolute Gasteiger partial charge is 0.422 e. The third-order valence-corrected chi connectivity index (χ3v) is 2.49. The number of hydrogen-bond donors (Lipinski definition) is 1. The Morgan fingerprint density at radius 1 is 1.15 bits per heavy atom. The van der Waals surface area contributed by atoms with Crippen LogP contribution in [0, 0.1) is 6.92 Å². The van der Waals surface area contributed by atoms with Gasteiger partial charge in [0.1, 0.15) is 11.6 Å². The van der Waals surface area contributed by atoms with Crippen molar-refractivity contribution >= 4 is 5.82 Å². The van der Waals surface area contributed by atoms with E-state index >= 15 is 0 Å².